The van der Waals surface area contributed by atoms with Gasteiger partial charge in [0.2, 0.25) is 0 Å². The number of hydrogen-bond acceptors (Lipinski definition) is 1. The average molecular weight is 373 g/mol. The number of benzene rings is 2. The van der Waals surface area contributed by atoms with E-state index in [4.69, 9.17) is 0 Å². The molecule has 0 radical (unpaired) electrons. The zero-order valence-electron chi connectivity index (χ0n) is 9.81. The monoisotopic (exact) mass is 371 g/mol. The fraction of sp³-hybridized carbons (Fsp3) is 0.143. The van der Waals surface area contributed by atoms with Gasteiger partial charge in [0.05, 0.1) is 0 Å². The maximum Gasteiger partial charge on any atom is 0.126 e. The molecule has 2 rings (SSSR count). The van der Waals surface area contributed by atoms with Gasteiger partial charge in [0.15, 0.2) is 0 Å². The number of hydrogen-bond donors (Lipinski definition) is 1. The molecule has 0 amide bonds. The summed E-state index contributed by atoms with van der Waals surface area (Å²) in [4.78, 5) is 0. The maximum absolute atomic E-state index is 13.4. The first-order valence-electron chi connectivity index (χ1n) is 5.50. The SMILES string of the molecule is Cc1ccc(CNc2ccc(Br)cc2Br)cc1F. The lowest BCUT2D eigenvalue weighted by molar-refractivity contribution is 0.616. The van der Waals surface area contributed by atoms with E-state index in [1.165, 1.54) is 0 Å². The molecule has 0 heterocycles. The number of nitrogens with one attached hydrogen (secondary N) is 1. The molecule has 18 heavy (non-hydrogen) atoms. The summed E-state index contributed by atoms with van der Waals surface area (Å²) in [5, 5.41) is 3.27. The molecular weight excluding hydrogens is 361 g/mol. The Bertz CT molecular complexity index is 570. The van der Waals surface area contributed by atoms with Crippen LogP contribution in [-0.4, -0.2) is 0 Å². The topological polar surface area (TPSA) is 12.0 Å². The molecule has 0 aromatic heterocycles. The lowest BCUT2D eigenvalue weighted by Gasteiger charge is -2.09. The average Bonchev–Trinajstić information content (AvgIpc) is 2.32. The normalized spacial score (nSPS) is 10.4. The second kappa shape index (κ2) is 5.85. The van der Waals surface area contributed by atoms with Crippen molar-refractivity contribution in [3.8, 4) is 0 Å². The van der Waals surface area contributed by atoms with Crippen molar-refractivity contribution in [1.82, 2.24) is 0 Å². The van der Waals surface area contributed by atoms with Gasteiger partial charge >= 0.3 is 0 Å². The van der Waals surface area contributed by atoms with E-state index in [0.717, 1.165) is 20.2 Å². The van der Waals surface area contributed by atoms with Crippen molar-refractivity contribution in [3.63, 3.8) is 0 Å². The Hall–Kier alpha value is -0.870. The third-order valence-corrected chi connectivity index (χ3v) is 3.80. The van der Waals surface area contributed by atoms with Gasteiger partial charge in [0.1, 0.15) is 5.82 Å². The highest BCUT2D eigenvalue weighted by molar-refractivity contribution is 9.11. The van der Waals surface area contributed by atoms with Crippen molar-refractivity contribution >= 4 is 37.5 Å². The van der Waals surface area contributed by atoms with Crippen molar-refractivity contribution in [3.05, 3.63) is 62.3 Å². The van der Waals surface area contributed by atoms with Crippen LogP contribution in [0.15, 0.2) is 45.3 Å². The Morgan fingerprint density at radius 1 is 1.11 bits per heavy atom. The standard InChI is InChI=1S/C14H12Br2FN/c1-9-2-3-10(6-13(9)17)8-18-14-5-4-11(15)7-12(14)16/h2-7,18H,8H2,1H3. The van der Waals surface area contributed by atoms with Gasteiger partial charge in [0, 0.05) is 21.2 Å². The van der Waals surface area contributed by atoms with Crippen molar-refractivity contribution in [2.45, 2.75) is 13.5 Å². The predicted molar refractivity (Wildman–Crippen MR) is 80.3 cm³/mol. The fourth-order valence-corrected chi connectivity index (χ4v) is 2.76. The number of aryl methyl sites for hydroxylation is 1. The Labute approximate surface area is 123 Å². The fourth-order valence-electron chi connectivity index (χ4n) is 1.58. The molecular formula is C14H12Br2FN. The van der Waals surface area contributed by atoms with Crippen LogP contribution < -0.4 is 5.32 Å². The first-order chi connectivity index (χ1) is 8.56. The van der Waals surface area contributed by atoms with E-state index in [9.17, 15) is 4.39 Å². The Balaban J connectivity index is 2.09. The van der Waals surface area contributed by atoms with Gasteiger partial charge < -0.3 is 5.32 Å². The lowest BCUT2D eigenvalue weighted by Crippen LogP contribution is -2.00. The minimum atomic E-state index is -0.163. The lowest BCUT2D eigenvalue weighted by atomic mass is 10.1. The van der Waals surface area contributed by atoms with Crippen LogP contribution in [0.3, 0.4) is 0 Å². The third kappa shape index (κ3) is 3.33. The molecule has 94 valence electrons. The molecule has 0 saturated heterocycles. The molecule has 2 aromatic rings. The summed E-state index contributed by atoms with van der Waals surface area (Å²) in [6, 6.07) is 11.2. The Morgan fingerprint density at radius 3 is 2.56 bits per heavy atom. The van der Waals surface area contributed by atoms with Crippen LogP contribution in [0.2, 0.25) is 0 Å². The molecule has 0 saturated carbocycles. The van der Waals surface area contributed by atoms with Crippen LogP contribution in [0.1, 0.15) is 11.1 Å². The molecule has 0 spiro atoms. The molecule has 4 heteroatoms. The van der Waals surface area contributed by atoms with Crippen molar-refractivity contribution in [2.24, 2.45) is 0 Å². The van der Waals surface area contributed by atoms with Gasteiger partial charge in [0.25, 0.3) is 0 Å². The molecule has 0 aliphatic heterocycles. The minimum Gasteiger partial charge on any atom is -0.380 e. The van der Waals surface area contributed by atoms with Gasteiger partial charge in [-0.1, -0.05) is 28.1 Å². The first kappa shape index (κ1) is 13.6. The van der Waals surface area contributed by atoms with Crippen molar-refractivity contribution < 1.29 is 4.39 Å². The summed E-state index contributed by atoms with van der Waals surface area (Å²) in [6.07, 6.45) is 0. The van der Waals surface area contributed by atoms with Gasteiger partial charge in [-0.3, -0.25) is 0 Å². The molecule has 0 fully saturated rings. The summed E-state index contributed by atoms with van der Waals surface area (Å²) in [5.74, 6) is -0.163. The minimum absolute atomic E-state index is 0.163. The summed E-state index contributed by atoms with van der Waals surface area (Å²) < 4.78 is 15.4. The van der Waals surface area contributed by atoms with Crippen LogP contribution >= 0.6 is 31.9 Å². The van der Waals surface area contributed by atoms with Crippen LogP contribution in [0, 0.1) is 12.7 Å². The molecule has 0 unspecified atom stereocenters. The van der Waals surface area contributed by atoms with Crippen LogP contribution in [-0.2, 0) is 6.54 Å². The van der Waals surface area contributed by atoms with Gasteiger partial charge in [-0.05, 0) is 58.2 Å². The van der Waals surface area contributed by atoms with E-state index in [1.807, 2.05) is 24.3 Å². The third-order valence-electron chi connectivity index (χ3n) is 2.65. The molecule has 1 N–H and O–H groups in total. The van der Waals surface area contributed by atoms with E-state index in [0.29, 0.717) is 12.1 Å². The first-order valence-corrected chi connectivity index (χ1v) is 7.09. The number of anilines is 1. The zero-order valence-corrected chi connectivity index (χ0v) is 13.0. The van der Waals surface area contributed by atoms with E-state index >= 15 is 0 Å². The molecule has 0 aliphatic carbocycles. The largest absolute Gasteiger partial charge is 0.380 e. The maximum atomic E-state index is 13.4. The summed E-state index contributed by atoms with van der Waals surface area (Å²) in [5.41, 5.74) is 2.58. The number of halogens is 3. The molecule has 0 aliphatic rings. The summed E-state index contributed by atoms with van der Waals surface area (Å²) >= 11 is 6.88. The van der Waals surface area contributed by atoms with E-state index in [1.54, 1.807) is 19.1 Å². The van der Waals surface area contributed by atoms with E-state index < -0.39 is 0 Å². The van der Waals surface area contributed by atoms with Crippen LogP contribution in [0.25, 0.3) is 0 Å². The van der Waals surface area contributed by atoms with Gasteiger partial charge in [-0.2, -0.15) is 0 Å². The van der Waals surface area contributed by atoms with Gasteiger partial charge in [-0.15, -0.1) is 0 Å². The highest BCUT2D eigenvalue weighted by atomic mass is 79.9. The van der Waals surface area contributed by atoms with E-state index in [2.05, 4.69) is 37.2 Å². The summed E-state index contributed by atoms with van der Waals surface area (Å²) in [6.45, 7) is 2.36. The zero-order chi connectivity index (χ0) is 13.1. The Kier molecular flexibility index (Phi) is 4.40. The highest BCUT2D eigenvalue weighted by Crippen LogP contribution is 2.26. The second-order valence-corrected chi connectivity index (χ2v) is 5.83. The highest BCUT2D eigenvalue weighted by Gasteiger charge is 2.02. The van der Waals surface area contributed by atoms with Crippen LogP contribution in [0.4, 0.5) is 10.1 Å². The molecule has 0 atom stereocenters. The predicted octanol–water partition coefficient (Wildman–Crippen LogP) is 5.27. The smallest absolute Gasteiger partial charge is 0.126 e. The number of rotatable bonds is 3. The van der Waals surface area contributed by atoms with Crippen molar-refractivity contribution in [1.29, 1.82) is 0 Å². The molecule has 0 bridgehead atoms. The quantitative estimate of drug-likeness (QED) is 0.773. The van der Waals surface area contributed by atoms with Crippen LogP contribution in [0.5, 0.6) is 0 Å². The van der Waals surface area contributed by atoms with Crippen molar-refractivity contribution in [2.75, 3.05) is 5.32 Å². The van der Waals surface area contributed by atoms with Gasteiger partial charge in [-0.25, -0.2) is 4.39 Å². The second-order valence-electron chi connectivity index (χ2n) is 4.06. The van der Waals surface area contributed by atoms with E-state index in [-0.39, 0.29) is 5.82 Å². The summed E-state index contributed by atoms with van der Waals surface area (Å²) in [7, 11) is 0. The Morgan fingerprint density at radius 2 is 1.89 bits per heavy atom. The molecule has 1 nitrogen and oxygen atoms in total. The molecule has 2 aromatic carbocycles.